The molecule has 0 unspecified atom stereocenters. The highest BCUT2D eigenvalue weighted by Crippen LogP contribution is 2.30. The summed E-state index contributed by atoms with van der Waals surface area (Å²) in [5.74, 6) is 1.09. The third-order valence-electron chi connectivity index (χ3n) is 6.88. The zero-order valence-corrected chi connectivity index (χ0v) is 19.8. The van der Waals surface area contributed by atoms with Gasteiger partial charge in [0.15, 0.2) is 5.78 Å². The number of rotatable bonds is 7. The number of amides is 1. The number of nitrogens with one attached hydrogen (secondary N) is 3. The molecule has 0 atom stereocenters. The van der Waals surface area contributed by atoms with Crippen molar-refractivity contribution in [3.63, 3.8) is 0 Å². The second kappa shape index (κ2) is 10.1. The van der Waals surface area contributed by atoms with Crippen molar-refractivity contribution in [3.8, 4) is 0 Å². The molecule has 1 aliphatic rings. The molecule has 3 N–H and O–H groups in total. The SMILES string of the molecule is Cc1ccccc1C(=O)c1c[nH]c2ncnc(N[C@H]3CC[C@@H](CNC(=O)c4ccccc4)CC3)c12. The first-order valence-corrected chi connectivity index (χ1v) is 12.1. The normalized spacial score (nSPS) is 17.7. The zero-order valence-electron chi connectivity index (χ0n) is 19.8. The van der Waals surface area contributed by atoms with Gasteiger partial charge < -0.3 is 15.6 Å². The molecular weight excluding hydrogens is 438 g/mol. The molecule has 1 amide bonds. The van der Waals surface area contributed by atoms with Crippen LogP contribution in [0.15, 0.2) is 67.1 Å². The van der Waals surface area contributed by atoms with Crippen molar-refractivity contribution in [2.24, 2.45) is 5.92 Å². The molecule has 1 fully saturated rings. The fraction of sp³-hybridized carbons (Fsp3) is 0.286. The predicted octanol–water partition coefficient (Wildman–Crippen LogP) is 4.90. The van der Waals surface area contributed by atoms with Crippen LogP contribution in [0.4, 0.5) is 5.82 Å². The number of aromatic amines is 1. The van der Waals surface area contributed by atoms with Crippen LogP contribution in [0.2, 0.25) is 0 Å². The van der Waals surface area contributed by atoms with Gasteiger partial charge in [-0.25, -0.2) is 9.97 Å². The Bertz CT molecular complexity index is 1340. The molecule has 2 heterocycles. The molecule has 0 saturated heterocycles. The Hall–Kier alpha value is -4.00. The molecule has 0 aliphatic heterocycles. The van der Waals surface area contributed by atoms with Gasteiger partial charge in [-0.2, -0.15) is 0 Å². The molecule has 35 heavy (non-hydrogen) atoms. The maximum Gasteiger partial charge on any atom is 0.251 e. The number of benzene rings is 2. The summed E-state index contributed by atoms with van der Waals surface area (Å²) in [4.78, 5) is 37.6. The number of carbonyl (C=O) groups is 2. The van der Waals surface area contributed by atoms with Crippen molar-refractivity contribution in [2.45, 2.75) is 38.6 Å². The van der Waals surface area contributed by atoms with E-state index in [-0.39, 0.29) is 17.7 Å². The third-order valence-corrected chi connectivity index (χ3v) is 6.88. The molecule has 0 bridgehead atoms. The highest BCUT2D eigenvalue weighted by atomic mass is 16.1. The van der Waals surface area contributed by atoms with Gasteiger partial charge in [0.05, 0.1) is 10.9 Å². The lowest BCUT2D eigenvalue weighted by molar-refractivity contribution is 0.0942. The van der Waals surface area contributed by atoms with Crippen molar-refractivity contribution < 1.29 is 9.59 Å². The van der Waals surface area contributed by atoms with Crippen LogP contribution in [0.25, 0.3) is 11.0 Å². The number of aromatic nitrogens is 3. The third kappa shape index (κ3) is 4.94. The van der Waals surface area contributed by atoms with Crippen LogP contribution in [0.1, 0.15) is 57.5 Å². The molecule has 7 nitrogen and oxygen atoms in total. The minimum absolute atomic E-state index is 0.0208. The van der Waals surface area contributed by atoms with Crippen LogP contribution in [0, 0.1) is 12.8 Å². The van der Waals surface area contributed by atoms with Crippen LogP contribution >= 0.6 is 0 Å². The molecule has 1 aliphatic carbocycles. The van der Waals surface area contributed by atoms with E-state index in [0.717, 1.165) is 36.6 Å². The van der Waals surface area contributed by atoms with E-state index in [1.165, 1.54) is 6.33 Å². The summed E-state index contributed by atoms with van der Waals surface area (Å²) in [7, 11) is 0. The van der Waals surface area contributed by atoms with Gasteiger partial charge in [0, 0.05) is 29.9 Å². The first kappa shape index (κ1) is 22.8. The first-order chi connectivity index (χ1) is 17.1. The van der Waals surface area contributed by atoms with Crippen molar-refractivity contribution in [2.75, 3.05) is 11.9 Å². The molecule has 0 radical (unpaired) electrons. The Morgan fingerprint density at radius 1 is 0.943 bits per heavy atom. The molecule has 178 valence electrons. The summed E-state index contributed by atoms with van der Waals surface area (Å²) in [5.41, 5.74) is 3.54. The second-order valence-electron chi connectivity index (χ2n) is 9.23. The van der Waals surface area contributed by atoms with E-state index >= 15 is 0 Å². The molecule has 5 rings (SSSR count). The van der Waals surface area contributed by atoms with Crippen LogP contribution in [0.5, 0.6) is 0 Å². The van der Waals surface area contributed by atoms with Gasteiger partial charge in [0.1, 0.15) is 17.8 Å². The summed E-state index contributed by atoms with van der Waals surface area (Å²) in [5, 5.41) is 7.38. The molecule has 2 aromatic heterocycles. The Balaban J connectivity index is 1.24. The van der Waals surface area contributed by atoms with Crippen LogP contribution in [-0.2, 0) is 0 Å². The number of carbonyl (C=O) groups excluding carboxylic acids is 2. The van der Waals surface area contributed by atoms with Crippen LogP contribution < -0.4 is 10.6 Å². The van der Waals surface area contributed by atoms with E-state index in [4.69, 9.17) is 0 Å². The fourth-order valence-corrected chi connectivity index (χ4v) is 4.86. The number of fused-ring (bicyclic) bond motifs is 1. The summed E-state index contributed by atoms with van der Waals surface area (Å²) >= 11 is 0. The maximum absolute atomic E-state index is 13.3. The first-order valence-electron chi connectivity index (χ1n) is 12.1. The zero-order chi connectivity index (χ0) is 24.2. The number of hydrogen-bond acceptors (Lipinski definition) is 5. The minimum Gasteiger partial charge on any atom is -0.367 e. The van der Waals surface area contributed by atoms with Gasteiger partial charge in [-0.1, -0.05) is 42.5 Å². The maximum atomic E-state index is 13.3. The monoisotopic (exact) mass is 467 g/mol. The van der Waals surface area contributed by atoms with Gasteiger partial charge in [-0.3, -0.25) is 9.59 Å². The number of anilines is 1. The van der Waals surface area contributed by atoms with Crippen LogP contribution in [-0.4, -0.2) is 39.2 Å². The number of aryl methyl sites for hydroxylation is 1. The van der Waals surface area contributed by atoms with Crippen molar-refractivity contribution in [3.05, 3.63) is 89.4 Å². The minimum atomic E-state index is -0.0370. The Kier molecular flexibility index (Phi) is 6.57. The largest absolute Gasteiger partial charge is 0.367 e. The number of ketones is 1. The average Bonchev–Trinajstić information content (AvgIpc) is 3.34. The lowest BCUT2D eigenvalue weighted by Gasteiger charge is -2.29. The highest BCUT2D eigenvalue weighted by molar-refractivity contribution is 6.18. The van der Waals surface area contributed by atoms with Crippen molar-refractivity contribution in [1.29, 1.82) is 0 Å². The summed E-state index contributed by atoms with van der Waals surface area (Å²) < 4.78 is 0. The van der Waals surface area contributed by atoms with E-state index in [1.54, 1.807) is 6.20 Å². The standard InChI is InChI=1S/C28H29N5O2/c1-18-7-5-6-10-22(18)25(34)23-16-29-26-24(23)27(32-17-31-26)33-21-13-11-19(12-14-21)15-30-28(35)20-8-3-2-4-9-20/h2-10,16-17,19,21H,11-15H2,1H3,(H,30,35)(H2,29,31,32,33)/t19-,21+. The lowest BCUT2D eigenvalue weighted by atomic mass is 9.86. The predicted molar refractivity (Wildman–Crippen MR) is 137 cm³/mol. The van der Waals surface area contributed by atoms with E-state index < -0.39 is 0 Å². The molecule has 0 spiro atoms. The quantitative estimate of drug-likeness (QED) is 0.336. The topological polar surface area (TPSA) is 99.8 Å². The van der Waals surface area contributed by atoms with Gasteiger partial charge in [0.2, 0.25) is 0 Å². The highest BCUT2D eigenvalue weighted by Gasteiger charge is 2.25. The summed E-state index contributed by atoms with van der Waals surface area (Å²) in [6, 6.07) is 17.2. The Morgan fingerprint density at radius 2 is 1.69 bits per heavy atom. The second-order valence-corrected chi connectivity index (χ2v) is 9.23. The molecular formula is C28H29N5O2. The Morgan fingerprint density at radius 3 is 2.46 bits per heavy atom. The van der Waals surface area contributed by atoms with Crippen LogP contribution in [0.3, 0.4) is 0 Å². The number of nitrogens with zero attached hydrogens (tertiary/aromatic N) is 2. The summed E-state index contributed by atoms with van der Waals surface area (Å²) in [6.07, 6.45) is 7.23. The average molecular weight is 468 g/mol. The molecule has 2 aromatic carbocycles. The van der Waals surface area contributed by atoms with Gasteiger partial charge in [-0.05, 0) is 56.2 Å². The number of hydrogen-bond donors (Lipinski definition) is 3. The summed E-state index contributed by atoms with van der Waals surface area (Å²) in [6.45, 7) is 2.63. The molecule has 1 saturated carbocycles. The fourth-order valence-electron chi connectivity index (χ4n) is 4.86. The lowest BCUT2D eigenvalue weighted by Crippen LogP contribution is -2.34. The smallest absolute Gasteiger partial charge is 0.251 e. The van der Waals surface area contributed by atoms with Crippen molar-refractivity contribution >= 4 is 28.5 Å². The molecule has 4 aromatic rings. The number of H-pyrrole nitrogens is 1. The van der Waals surface area contributed by atoms with E-state index in [2.05, 4.69) is 25.6 Å². The van der Waals surface area contributed by atoms with E-state index in [0.29, 0.717) is 40.6 Å². The van der Waals surface area contributed by atoms with E-state index in [1.807, 2.05) is 61.5 Å². The van der Waals surface area contributed by atoms with Gasteiger partial charge in [0.25, 0.3) is 5.91 Å². The van der Waals surface area contributed by atoms with E-state index in [9.17, 15) is 9.59 Å². The van der Waals surface area contributed by atoms with Gasteiger partial charge >= 0.3 is 0 Å². The Labute approximate surface area is 204 Å². The van der Waals surface area contributed by atoms with Crippen molar-refractivity contribution in [1.82, 2.24) is 20.3 Å². The van der Waals surface area contributed by atoms with Gasteiger partial charge in [-0.15, -0.1) is 0 Å². The molecule has 7 heteroatoms.